The van der Waals surface area contributed by atoms with Gasteiger partial charge in [0.15, 0.2) is 0 Å². The van der Waals surface area contributed by atoms with Crippen LogP contribution in [0.1, 0.15) is 26.5 Å². The number of amides is 1. The largest absolute Gasteiger partial charge is 0.478 e. The standard InChI is InChI=1S/C19H20N4O3S/c20-6-2-7-22-8-10-23(11-9-22)16-5-4-14(13-15(16)19(25)26)21-18(24)17-3-1-12-27-17/h1,3-5,12-13H,2,7-11H2,(H,21,24)(H,25,26). The van der Waals surface area contributed by atoms with E-state index in [1.165, 1.54) is 17.4 Å². The molecule has 3 rings (SSSR count). The highest BCUT2D eigenvalue weighted by Gasteiger charge is 2.22. The van der Waals surface area contributed by atoms with Gasteiger partial charge in [0, 0.05) is 44.8 Å². The van der Waals surface area contributed by atoms with E-state index in [1.54, 1.807) is 24.3 Å². The fraction of sp³-hybridized carbons (Fsp3) is 0.316. The van der Waals surface area contributed by atoms with Gasteiger partial charge in [0.1, 0.15) is 0 Å². The third-order valence-electron chi connectivity index (χ3n) is 4.48. The number of hydrogen-bond acceptors (Lipinski definition) is 6. The lowest BCUT2D eigenvalue weighted by Gasteiger charge is -2.36. The van der Waals surface area contributed by atoms with Gasteiger partial charge in [0.25, 0.3) is 5.91 Å². The van der Waals surface area contributed by atoms with Crippen LogP contribution in [0.2, 0.25) is 0 Å². The minimum absolute atomic E-state index is 0.171. The zero-order valence-corrected chi connectivity index (χ0v) is 15.5. The van der Waals surface area contributed by atoms with Crippen LogP contribution in [0.15, 0.2) is 35.7 Å². The average Bonchev–Trinajstić information content (AvgIpc) is 3.22. The summed E-state index contributed by atoms with van der Waals surface area (Å²) < 4.78 is 0. The molecule has 8 heteroatoms. The van der Waals surface area contributed by atoms with E-state index in [4.69, 9.17) is 5.26 Å². The number of piperazine rings is 1. The first-order valence-electron chi connectivity index (χ1n) is 8.65. The normalized spacial score (nSPS) is 14.6. The van der Waals surface area contributed by atoms with Crippen molar-refractivity contribution < 1.29 is 14.7 Å². The number of nitrogens with one attached hydrogen (secondary N) is 1. The van der Waals surface area contributed by atoms with Crippen molar-refractivity contribution in [1.29, 1.82) is 5.26 Å². The molecular formula is C19H20N4O3S. The molecule has 7 nitrogen and oxygen atoms in total. The zero-order chi connectivity index (χ0) is 19.2. The Kier molecular flexibility index (Phi) is 6.06. The minimum Gasteiger partial charge on any atom is -0.478 e. The number of carboxylic acids is 1. The quantitative estimate of drug-likeness (QED) is 0.795. The summed E-state index contributed by atoms with van der Waals surface area (Å²) in [5.41, 5.74) is 1.28. The molecule has 1 aliphatic heterocycles. The van der Waals surface area contributed by atoms with Gasteiger partial charge in [0.05, 0.1) is 22.2 Å². The molecule has 0 atom stereocenters. The van der Waals surface area contributed by atoms with Crippen LogP contribution in [0.4, 0.5) is 11.4 Å². The van der Waals surface area contributed by atoms with Crippen molar-refractivity contribution in [2.75, 3.05) is 42.9 Å². The molecule has 1 fully saturated rings. The Labute approximate surface area is 161 Å². The highest BCUT2D eigenvalue weighted by Crippen LogP contribution is 2.26. The number of anilines is 2. The highest BCUT2D eigenvalue weighted by atomic mass is 32.1. The summed E-state index contributed by atoms with van der Waals surface area (Å²) in [5.74, 6) is -1.27. The second kappa shape index (κ2) is 8.66. The summed E-state index contributed by atoms with van der Waals surface area (Å²) in [6, 6.07) is 10.6. The Bertz CT molecular complexity index is 852. The van der Waals surface area contributed by atoms with Crippen molar-refractivity contribution in [1.82, 2.24) is 4.90 Å². The molecule has 0 saturated carbocycles. The molecule has 2 heterocycles. The molecule has 1 aromatic heterocycles. The molecule has 0 spiro atoms. The first kappa shape index (κ1) is 18.9. The third-order valence-corrected chi connectivity index (χ3v) is 5.35. The van der Waals surface area contributed by atoms with Gasteiger partial charge in [-0.05, 0) is 29.6 Å². The minimum atomic E-state index is -1.02. The zero-order valence-electron chi connectivity index (χ0n) is 14.7. The van der Waals surface area contributed by atoms with Crippen LogP contribution < -0.4 is 10.2 Å². The van der Waals surface area contributed by atoms with Crippen molar-refractivity contribution in [3.8, 4) is 6.07 Å². The fourth-order valence-electron chi connectivity index (χ4n) is 3.08. The summed E-state index contributed by atoms with van der Waals surface area (Å²) in [6.07, 6.45) is 0.499. The summed E-state index contributed by atoms with van der Waals surface area (Å²) >= 11 is 1.33. The van der Waals surface area contributed by atoms with Gasteiger partial charge < -0.3 is 15.3 Å². The van der Waals surface area contributed by atoms with Crippen molar-refractivity contribution >= 4 is 34.6 Å². The van der Waals surface area contributed by atoms with Crippen molar-refractivity contribution in [3.63, 3.8) is 0 Å². The number of thiophene rings is 1. The molecule has 1 aromatic carbocycles. The molecule has 140 valence electrons. The lowest BCUT2D eigenvalue weighted by Crippen LogP contribution is -2.47. The van der Waals surface area contributed by atoms with E-state index in [0.29, 0.717) is 35.8 Å². The predicted octanol–water partition coefficient (Wildman–Crippen LogP) is 2.73. The van der Waals surface area contributed by atoms with Gasteiger partial charge in [-0.15, -0.1) is 11.3 Å². The number of benzene rings is 1. The molecule has 0 unspecified atom stereocenters. The molecule has 2 aromatic rings. The van der Waals surface area contributed by atoms with Gasteiger partial charge in [0.2, 0.25) is 0 Å². The number of aromatic carboxylic acids is 1. The number of nitrogens with zero attached hydrogens (tertiary/aromatic N) is 3. The van der Waals surface area contributed by atoms with E-state index in [-0.39, 0.29) is 11.5 Å². The molecule has 1 saturated heterocycles. The van der Waals surface area contributed by atoms with Crippen LogP contribution in [-0.2, 0) is 0 Å². The molecule has 1 amide bonds. The first-order valence-corrected chi connectivity index (χ1v) is 9.53. The molecule has 0 radical (unpaired) electrons. The summed E-state index contributed by atoms with van der Waals surface area (Å²) in [6.45, 7) is 3.72. The maximum absolute atomic E-state index is 12.2. The Morgan fingerprint density at radius 1 is 1.22 bits per heavy atom. The average molecular weight is 384 g/mol. The van der Waals surface area contributed by atoms with E-state index in [1.807, 2.05) is 10.3 Å². The van der Waals surface area contributed by atoms with Gasteiger partial charge in [-0.25, -0.2) is 4.79 Å². The van der Waals surface area contributed by atoms with E-state index in [2.05, 4.69) is 16.3 Å². The predicted molar refractivity (Wildman–Crippen MR) is 105 cm³/mol. The van der Waals surface area contributed by atoms with Crippen LogP contribution in [0.5, 0.6) is 0 Å². The number of rotatable bonds is 6. The number of hydrogen-bond donors (Lipinski definition) is 2. The van der Waals surface area contributed by atoms with Crippen LogP contribution in [-0.4, -0.2) is 54.6 Å². The van der Waals surface area contributed by atoms with Crippen LogP contribution in [0.25, 0.3) is 0 Å². The van der Waals surface area contributed by atoms with E-state index in [0.717, 1.165) is 19.6 Å². The van der Waals surface area contributed by atoms with E-state index in [9.17, 15) is 14.7 Å². The summed E-state index contributed by atoms with van der Waals surface area (Å²) in [7, 11) is 0. The van der Waals surface area contributed by atoms with Crippen molar-refractivity contribution in [2.24, 2.45) is 0 Å². The van der Waals surface area contributed by atoms with Crippen molar-refractivity contribution in [3.05, 3.63) is 46.2 Å². The molecule has 27 heavy (non-hydrogen) atoms. The SMILES string of the molecule is N#CCCN1CCN(c2ccc(NC(=O)c3cccs3)cc2C(=O)O)CC1. The maximum atomic E-state index is 12.2. The van der Waals surface area contributed by atoms with Crippen LogP contribution in [0.3, 0.4) is 0 Å². The van der Waals surface area contributed by atoms with E-state index < -0.39 is 5.97 Å². The van der Waals surface area contributed by atoms with Gasteiger partial charge in [-0.3, -0.25) is 9.69 Å². The second-order valence-corrected chi connectivity index (χ2v) is 7.15. The molecular weight excluding hydrogens is 364 g/mol. The first-order chi connectivity index (χ1) is 13.1. The lowest BCUT2D eigenvalue weighted by molar-refractivity contribution is 0.0697. The van der Waals surface area contributed by atoms with Crippen LogP contribution in [0, 0.1) is 11.3 Å². The van der Waals surface area contributed by atoms with Crippen molar-refractivity contribution in [2.45, 2.75) is 6.42 Å². The number of carbonyl (C=O) groups excluding carboxylic acids is 1. The monoisotopic (exact) mass is 384 g/mol. The molecule has 0 bridgehead atoms. The Hall–Kier alpha value is -2.89. The fourth-order valence-corrected chi connectivity index (χ4v) is 3.70. The lowest BCUT2D eigenvalue weighted by atomic mass is 10.1. The van der Waals surface area contributed by atoms with Gasteiger partial charge in [-0.1, -0.05) is 6.07 Å². The molecule has 1 aliphatic rings. The van der Waals surface area contributed by atoms with E-state index >= 15 is 0 Å². The Morgan fingerprint density at radius 3 is 2.63 bits per heavy atom. The van der Waals surface area contributed by atoms with Gasteiger partial charge in [-0.2, -0.15) is 5.26 Å². The Morgan fingerprint density at radius 2 is 2.00 bits per heavy atom. The molecule has 2 N–H and O–H groups in total. The highest BCUT2D eigenvalue weighted by molar-refractivity contribution is 7.12. The number of nitriles is 1. The third kappa shape index (κ3) is 4.64. The summed E-state index contributed by atoms with van der Waals surface area (Å²) in [4.78, 5) is 28.7. The van der Waals surface area contributed by atoms with Gasteiger partial charge >= 0.3 is 5.97 Å². The smallest absolute Gasteiger partial charge is 0.337 e. The number of carbonyl (C=O) groups is 2. The summed E-state index contributed by atoms with van der Waals surface area (Å²) in [5, 5.41) is 22.9. The van der Waals surface area contributed by atoms with Crippen LogP contribution >= 0.6 is 11.3 Å². The maximum Gasteiger partial charge on any atom is 0.337 e. The topological polar surface area (TPSA) is 96.7 Å². The number of carboxylic acid groups (broad SMARTS) is 1. The molecule has 0 aliphatic carbocycles. The Balaban J connectivity index is 1.72. The second-order valence-electron chi connectivity index (χ2n) is 6.21.